The van der Waals surface area contributed by atoms with Crippen molar-refractivity contribution in [3.05, 3.63) is 52.0 Å². The number of thiazole rings is 1. The molecule has 0 saturated heterocycles. The molecule has 7 heteroatoms. The normalized spacial score (nSPS) is 10.8. The fourth-order valence-corrected chi connectivity index (χ4v) is 3.13. The molecule has 0 radical (unpaired) electrons. The minimum Gasteiger partial charge on any atom is -0.399 e. The van der Waals surface area contributed by atoms with Gasteiger partial charge in [0.1, 0.15) is 0 Å². The highest BCUT2D eigenvalue weighted by atomic mass is 35.5. The van der Waals surface area contributed by atoms with E-state index in [0.29, 0.717) is 21.4 Å². The van der Waals surface area contributed by atoms with Crippen molar-refractivity contribution in [3.8, 4) is 0 Å². The van der Waals surface area contributed by atoms with Crippen molar-refractivity contribution < 1.29 is 4.79 Å². The molecule has 0 bridgehead atoms. The maximum atomic E-state index is 12.2. The second-order valence-electron chi connectivity index (χ2n) is 4.30. The summed E-state index contributed by atoms with van der Waals surface area (Å²) in [5.74, 6) is -0.352. The van der Waals surface area contributed by atoms with Gasteiger partial charge in [0, 0.05) is 5.69 Å². The zero-order valence-electron chi connectivity index (χ0n) is 10.6. The van der Waals surface area contributed by atoms with Gasteiger partial charge in [-0.05, 0) is 30.3 Å². The number of nitrogens with zero attached hydrogens (tertiary/aromatic N) is 1. The van der Waals surface area contributed by atoms with Gasteiger partial charge in [-0.25, -0.2) is 4.98 Å². The topological polar surface area (TPSA) is 68.0 Å². The Morgan fingerprint density at radius 1 is 1.24 bits per heavy atom. The number of nitrogens with one attached hydrogen (secondary N) is 1. The largest absolute Gasteiger partial charge is 0.399 e. The molecule has 4 nitrogen and oxygen atoms in total. The first-order valence-corrected chi connectivity index (χ1v) is 7.53. The Kier molecular flexibility index (Phi) is 3.71. The number of amides is 1. The Balaban J connectivity index is 1.91. The molecule has 3 aromatic rings. The van der Waals surface area contributed by atoms with Crippen LogP contribution in [-0.2, 0) is 0 Å². The van der Waals surface area contributed by atoms with Gasteiger partial charge in [0.05, 0.1) is 25.8 Å². The van der Waals surface area contributed by atoms with Crippen LogP contribution < -0.4 is 11.1 Å². The number of carbonyl (C=O) groups is 1. The van der Waals surface area contributed by atoms with E-state index in [4.69, 9.17) is 28.9 Å². The van der Waals surface area contributed by atoms with Gasteiger partial charge in [0.2, 0.25) is 0 Å². The van der Waals surface area contributed by atoms with Crippen LogP contribution in [0.1, 0.15) is 10.4 Å². The van der Waals surface area contributed by atoms with Crippen LogP contribution in [0.15, 0.2) is 36.4 Å². The molecule has 0 aliphatic rings. The fraction of sp³-hybridized carbons (Fsp3) is 0. The third-order valence-corrected chi connectivity index (χ3v) is 4.58. The lowest BCUT2D eigenvalue weighted by Gasteiger charge is -2.04. The summed E-state index contributed by atoms with van der Waals surface area (Å²) in [6.07, 6.45) is 0. The van der Waals surface area contributed by atoms with Crippen molar-refractivity contribution in [3.63, 3.8) is 0 Å². The number of nitrogen functional groups attached to an aromatic ring is 1. The molecule has 0 fully saturated rings. The summed E-state index contributed by atoms with van der Waals surface area (Å²) in [6, 6.07) is 10.3. The first-order valence-electron chi connectivity index (χ1n) is 5.96. The number of aromatic nitrogens is 1. The van der Waals surface area contributed by atoms with Crippen LogP contribution in [0.5, 0.6) is 0 Å². The number of nitrogens with two attached hydrogens (primary N) is 1. The van der Waals surface area contributed by atoms with Crippen molar-refractivity contribution >= 4 is 61.5 Å². The summed E-state index contributed by atoms with van der Waals surface area (Å²) in [5, 5.41) is 3.76. The zero-order valence-corrected chi connectivity index (χ0v) is 12.9. The number of rotatable bonds is 2. The van der Waals surface area contributed by atoms with Gasteiger partial charge in [0.15, 0.2) is 5.13 Å². The Morgan fingerprint density at radius 3 is 2.86 bits per heavy atom. The second-order valence-corrected chi connectivity index (χ2v) is 6.12. The van der Waals surface area contributed by atoms with Crippen LogP contribution >= 0.6 is 34.5 Å². The summed E-state index contributed by atoms with van der Waals surface area (Å²) in [4.78, 5) is 16.5. The minimum absolute atomic E-state index is 0.224. The third kappa shape index (κ3) is 2.81. The van der Waals surface area contributed by atoms with Crippen LogP contribution in [0.3, 0.4) is 0 Å². The SMILES string of the molecule is Nc1ccc2nc(NC(=O)c3cccc(Cl)c3Cl)sc2c1. The molecule has 0 aliphatic carbocycles. The first kappa shape index (κ1) is 14.1. The monoisotopic (exact) mass is 337 g/mol. The van der Waals surface area contributed by atoms with E-state index in [1.165, 1.54) is 11.3 Å². The van der Waals surface area contributed by atoms with Gasteiger partial charge in [-0.1, -0.05) is 40.6 Å². The smallest absolute Gasteiger partial charge is 0.259 e. The summed E-state index contributed by atoms with van der Waals surface area (Å²) in [7, 11) is 0. The van der Waals surface area contributed by atoms with Gasteiger partial charge < -0.3 is 5.73 Å². The number of carbonyl (C=O) groups excluding carboxylic acids is 1. The lowest BCUT2D eigenvalue weighted by Crippen LogP contribution is -2.12. The van der Waals surface area contributed by atoms with Crippen LogP contribution in [0.25, 0.3) is 10.2 Å². The molecule has 0 unspecified atom stereocenters. The highest BCUT2D eigenvalue weighted by molar-refractivity contribution is 7.22. The highest BCUT2D eigenvalue weighted by Crippen LogP contribution is 2.29. The fourth-order valence-electron chi connectivity index (χ4n) is 1.84. The number of hydrogen-bond donors (Lipinski definition) is 2. The lowest BCUT2D eigenvalue weighted by molar-refractivity contribution is 0.102. The number of anilines is 2. The molecule has 1 amide bonds. The molecule has 1 aromatic heterocycles. The quantitative estimate of drug-likeness (QED) is 0.679. The Morgan fingerprint density at radius 2 is 2.05 bits per heavy atom. The van der Waals surface area contributed by atoms with E-state index < -0.39 is 0 Å². The van der Waals surface area contributed by atoms with E-state index in [-0.39, 0.29) is 10.9 Å². The summed E-state index contributed by atoms with van der Waals surface area (Å²) >= 11 is 13.3. The molecule has 0 aliphatic heterocycles. The van der Waals surface area contributed by atoms with E-state index in [1.807, 2.05) is 12.1 Å². The highest BCUT2D eigenvalue weighted by Gasteiger charge is 2.14. The predicted octanol–water partition coefficient (Wildman–Crippen LogP) is 4.44. The Bertz CT molecular complexity index is 847. The van der Waals surface area contributed by atoms with Gasteiger partial charge in [-0.15, -0.1) is 0 Å². The van der Waals surface area contributed by atoms with E-state index in [0.717, 1.165) is 10.2 Å². The summed E-state index contributed by atoms with van der Waals surface area (Å²) in [5.41, 5.74) is 7.46. The van der Waals surface area contributed by atoms with Crippen LogP contribution in [0.4, 0.5) is 10.8 Å². The summed E-state index contributed by atoms with van der Waals surface area (Å²) in [6.45, 7) is 0. The molecule has 106 valence electrons. The molecule has 3 N–H and O–H groups in total. The minimum atomic E-state index is -0.352. The van der Waals surface area contributed by atoms with Gasteiger partial charge in [-0.2, -0.15) is 0 Å². The van der Waals surface area contributed by atoms with E-state index in [1.54, 1.807) is 24.3 Å². The van der Waals surface area contributed by atoms with Crippen molar-refractivity contribution in [2.45, 2.75) is 0 Å². The maximum Gasteiger partial charge on any atom is 0.259 e. The molecule has 1 heterocycles. The summed E-state index contributed by atoms with van der Waals surface area (Å²) < 4.78 is 0.905. The number of hydrogen-bond acceptors (Lipinski definition) is 4. The molecule has 0 atom stereocenters. The first-order chi connectivity index (χ1) is 10.0. The molecule has 0 saturated carbocycles. The Hall–Kier alpha value is -1.82. The average Bonchev–Trinajstić information content (AvgIpc) is 2.83. The molecule has 2 aromatic carbocycles. The number of halogens is 2. The standard InChI is InChI=1S/C14H9Cl2N3OS/c15-9-3-1-2-8(12(9)16)13(20)19-14-18-10-5-4-7(17)6-11(10)21-14/h1-6H,17H2,(H,18,19,20). The number of fused-ring (bicyclic) bond motifs is 1. The van der Waals surface area contributed by atoms with Crippen LogP contribution in [0, 0.1) is 0 Å². The van der Waals surface area contributed by atoms with Crippen LogP contribution in [0.2, 0.25) is 10.0 Å². The van der Waals surface area contributed by atoms with Gasteiger partial charge in [-0.3, -0.25) is 10.1 Å². The van der Waals surface area contributed by atoms with Gasteiger partial charge in [0.25, 0.3) is 5.91 Å². The third-order valence-electron chi connectivity index (χ3n) is 2.83. The predicted molar refractivity (Wildman–Crippen MR) is 88.4 cm³/mol. The molecule has 21 heavy (non-hydrogen) atoms. The molecular formula is C14H9Cl2N3OS. The van der Waals surface area contributed by atoms with E-state index >= 15 is 0 Å². The molecular weight excluding hydrogens is 329 g/mol. The van der Waals surface area contributed by atoms with Crippen molar-refractivity contribution in [2.75, 3.05) is 11.1 Å². The van der Waals surface area contributed by atoms with Crippen molar-refractivity contribution in [1.29, 1.82) is 0 Å². The van der Waals surface area contributed by atoms with Gasteiger partial charge >= 0.3 is 0 Å². The van der Waals surface area contributed by atoms with Crippen LogP contribution in [-0.4, -0.2) is 10.9 Å². The van der Waals surface area contributed by atoms with E-state index in [9.17, 15) is 4.79 Å². The molecule has 3 rings (SSSR count). The molecule has 0 spiro atoms. The zero-order chi connectivity index (χ0) is 15.0. The Labute approximate surface area is 134 Å². The maximum absolute atomic E-state index is 12.2. The second kappa shape index (κ2) is 5.52. The van der Waals surface area contributed by atoms with Crippen molar-refractivity contribution in [2.24, 2.45) is 0 Å². The van der Waals surface area contributed by atoms with Crippen molar-refractivity contribution in [1.82, 2.24) is 4.98 Å². The number of benzene rings is 2. The van der Waals surface area contributed by atoms with E-state index in [2.05, 4.69) is 10.3 Å². The lowest BCUT2D eigenvalue weighted by atomic mass is 10.2. The average molecular weight is 338 g/mol.